The lowest BCUT2D eigenvalue weighted by Gasteiger charge is -2.26. The van der Waals surface area contributed by atoms with Crippen LogP contribution < -0.4 is 5.32 Å². The summed E-state index contributed by atoms with van der Waals surface area (Å²) in [4.78, 5) is 19.8. The van der Waals surface area contributed by atoms with Crippen molar-refractivity contribution in [1.82, 2.24) is 9.88 Å². The second kappa shape index (κ2) is 9.71. The van der Waals surface area contributed by atoms with Crippen LogP contribution in [0.25, 0.3) is 22.0 Å². The molecule has 0 aliphatic carbocycles. The molecule has 1 aliphatic rings. The molecule has 4 aromatic rings. The Bertz CT molecular complexity index is 1280. The average molecular weight is 458 g/mol. The molecule has 1 fully saturated rings. The quantitative estimate of drug-likeness (QED) is 0.421. The molecule has 5 nitrogen and oxygen atoms in total. The lowest BCUT2D eigenvalue weighted by Crippen LogP contribution is -2.35. The van der Waals surface area contributed by atoms with Gasteiger partial charge in [-0.3, -0.25) is 14.7 Å². The third-order valence-corrected chi connectivity index (χ3v) is 6.21. The second-order valence-electron chi connectivity index (χ2n) is 8.11. The van der Waals surface area contributed by atoms with Crippen LogP contribution in [-0.2, 0) is 11.3 Å². The van der Waals surface area contributed by atoms with Crippen molar-refractivity contribution >= 4 is 34.0 Å². The number of amides is 1. The SMILES string of the molecule is O=C(Nc1ccc(Cl)c(-c2nccc3ccccc23)c1)c1ccc(CN2CCOCC2)cc1. The van der Waals surface area contributed by atoms with Crippen molar-refractivity contribution in [1.29, 1.82) is 0 Å². The zero-order valence-electron chi connectivity index (χ0n) is 18.1. The van der Waals surface area contributed by atoms with Crippen LogP contribution in [0.3, 0.4) is 0 Å². The van der Waals surface area contributed by atoms with Crippen LogP contribution in [0.5, 0.6) is 0 Å². The first-order chi connectivity index (χ1) is 16.2. The van der Waals surface area contributed by atoms with Gasteiger partial charge in [-0.2, -0.15) is 0 Å². The monoisotopic (exact) mass is 457 g/mol. The van der Waals surface area contributed by atoms with Crippen molar-refractivity contribution in [2.45, 2.75) is 6.54 Å². The summed E-state index contributed by atoms with van der Waals surface area (Å²) in [5.41, 5.74) is 4.05. The molecule has 0 bridgehead atoms. The standard InChI is InChI=1S/C27H24ClN3O2/c28-25-10-9-22(17-24(25)26-23-4-2-1-3-20(23)11-12-29-26)30-27(32)21-7-5-19(6-8-21)18-31-13-15-33-16-14-31/h1-12,17H,13-16,18H2,(H,30,32). The first kappa shape index (κ1) is 21.6. The molecule has 1 aromatic heterocycles. The van der Waals surface area contributed by atoms with Gasteiger partial charge >= 0.3 is 0 Å². The highest BCUT2D eigenvalue weighted by Gasteiger charge is 2.14. The first-order valence-corrected chi connectivity index (χ1v) is 11.4. The summed E-state index contributed by atoms with van der Waals surface area (Å²) < 4.78 is 5.40. The Morgan fingerprint density at radius 2 is 1.79 bits per heavy atom. The summed E-state index contributed by atoms with van der Waals surface area (Å²) in [7, 11) is 0. The van der Waals surface area contributed by atoms with Crippen molar-refractivity contribution in [3.05, 3.63) is 95.1 Å². The minimum absolute atomic E-state index is 0.160. The minimum atomic E-state index is -0.160. The van der Waals surface area contributed by atoms with Crippen LogP contribution in [-0.4, -0.2) is 42.1 Å². The number of nitrogens with one attached hydrogen (secondary N) is 1. The van der Waals surface area contributed by atoms with Crippen molar-refractivity contribution in [2.75, 3.05) is 31.6 Å². The van der Waals surface area contributed by atoms with E-state index in [0.29, 0.717) is 16.3 Å². The van der Waals surface area contributed by atoms with Crippen LogP contribution in [0.15, 0.2) is 79.0 Å². The number of nitrogens with zero attached hydrogens (tertiary/aromatic N) is 2. The summed E-state index contributed by atoms with van der Waals surface area (Å²) in [5, 5.41) is 5.68. The van der Waals surface area contributed by atoms with Gasteiger partial charge in [0, 0.05) is 48.0 Å². The number of halogens is 1. The van der Waals surface area contributed by atoms with Crippen molar-refractivity contribution in [2.24, 2.45) is 0 Å². The van der Waals surface area contributed by atoms with E-state index >= 15 is 0 Å². The van der Waals surface area contributed by atoms with Crippen LogP contribution in [0.1, 0.15) is 15.9 Å². The Labute approximate surface area is 198 Å². The summed E-state index contributed by atoms with van der Waals surface area (Å²) in [6.07, 6.45) is 1.78. The molecule has 1 N–H and O–H groups in total. The molecule has 0 unspecified atom stereocenters. The molecule has 1 aliphatic heterocycles. The van der Waals surface area contributed by atoms with Gasteiger partial charge in [0.2, 0.25) is 0 Å². The van der Waals surface area contributed by atoms with E-state index in [1.807, 2.05) is 66.7 Å². The maximum atomic E-state index is 12.9. The molecule has 0 spiro atoms. The van der Waals surface area contributed by atoms with Crippen molar-refractivity contribution in [3.63, 3.8) is 0 Å². The number of carbonyl (C=O) groups is 1. The molecule has 1 amide bonds. The Morgan fingerprint density at radius 1 is 1.00 bits per heavy atom. The highest BCUT2D eigenvalue weighted by molar-refractivity contribution is 6.33. The number of anilines is 1. The minimum Gasteiger partial charge on any atom is -0.379 e. The number of fused-ring (bicyclic) bond motifs is 1. The van der Waals surface area contributed by atoms with Gasteiger partial charge in [-0.25, -0.2) is 0 Å². The van der Waals surface area contributed by atoms with Gasteiger partial charge in [-0.1, -0.05) is 48.0 Å². The topological polar surface area (TPSA) is 54.5 Å². The summed E-state index contributed by atoms with van der Waals surface area (Å²) in [6, 6.07) is 23.3. The molecule has 0 atom stereocenters. The highest BCUT2D eigenvalue weighted by Crippen LogP contribution is 2.33. The fraction of sp³-hybridized carbons (Fsp3) is 0.185. The van der Waals surface area contributed by atoms with Gasteiger partial charge in [0.1, 0.15) is 0 Å². The number of ether oxygens (including phenoxy) is 1. The molecule has 0 saturated carbocycles. The smallest absolute Gasteiger partial charge is 0.255 e. The molecule has 3 aromatic carbocycles. The number of aromatic nitrogens is 1. The van der Waals surface area contributed by atoms with Crippen LogP contribution in [0.4, 0.5) is 5.69 Å². The molecule has 33 heavy (non-hydrogen) atoms. The van der Waals surface area contributed by atoms with E-state index in [9.17, 15) is 4.79 Å². The van der Waals surface area contributed by atoms with Crippen LogP contribution in [0, 0.1) is 0 Å². The predicted molar refractivity (Wildman–Crippen MR) is 133 cm³/mol. The van der Waals surface area contributed by atoms with Crippen molar-refractivity contribution in [3.8, 4) is 11.3 Å². The number of carbonyl (C=O) groups excluding carboxylic acids is 1. The van der Waals surface area contributed by atoms with E-state index in [-0.39, 0.29) is 5.91 Å². The maximum absolute atomic E-state index is 12.9. The average Bonchev–Trinajstić information content (AvgIpc) is 2.86. The van der Waals surface area contributed by atoms with E-state index in [4.69, 9.17) is 16.3 Å². The third-order valence-electron chi connectivity index (χ3n) is 5.88. The van der Waals surface area contributed by atoms with Gasteiger partial charge < -0.3 is 10.1 Å². The number of pyridine rings is 1. The van der Waals surface area contributed by atoms with Crippen molar-refractivity contribution < 1.29 is 9.53 Å². The summed E-state index contributed by atoms with van der Waals surface area (Å²) in [6.45, 7) is 4.29. The van der Waals surface area contributed by atoms with Gasteiger partial charge in [-0.15, -0.1) is 0 Å². The number of morpholine rings is 1. The molecule has 0 radical (unpaired) electrons. The fourth-order valence-corrected chi connectivity index (χ4v) is 4.31. The van der Waals surface area contributed by atoms with Crippen LogP contribution in [0.2, 0.25) is 5.02 Å². The number of hydrogen-bond acceptors (Lipinski definition) is 4. The molecular formula is C27H24ClN3O2. The molecular weight excluding hydrogens is 434 g/mol. The maximum Gasteiger partial charge on any atom is 0.255 e. The van der Waals surface area contributed by atoms with Gasteiger partial charge in [0.25, 0.3) is 5.91 Å². The number of benzene rings is 3. The molecule has 2 heterocycles. The van der Waals surface area contributed by atoms with E-state index in [1.165, 1.54) is 5.56 Å². The Morgan fingerprint density at radius 3 is 2.61 bits per heavy atom. The fourth-order valence-electron chi connectivity index (χ4n) is 4.10. The molecule has 5 rings (SSSR count). The predicted octanol–water partition coefficient (Wildman–Crippen LogP) is 5.64. The van der Waals surface area contributed by atoms with Gasteiger partial charge in [0.05, 0.1) is 23.9 Å². The third kappa shape index (κ3) is 4.91. The van der Waals surface area contributed by atoms with Crippen LogP contribution >= 0.6 is 11.6 Å². The Hall–Kier alpha value is -3.25. The highest BCUT2D eigenvalue weighted by atomic mass is 35.5. The first-order valence-electron chi connectivity index (χ1n) is 11.0. The zero-order valence-corrected chi connectivity index (χ0v) is 18.9. The summed E-state index contributed by atoms with van der Waals surface area (Å²) in [5.74, 6) is -0.160. The lowest BCUT2D eigenvalue weighted by atomic mass is 10.0. The van der Waals surface area contributed by atoms with E-state index in [0.717, 1.165) is 54.9 Å². The largest absolute Gasteiger partial charge is 0.379 e. The van der Waals surface area contributed by atoms with E-state index in [1.54, 1.807) is 12.3 Å². The van der Waals surface area contributed by atoms with Gasteiger partial charge in [0.15, 0.2) is 0 Å². The zero-order chi connectivity index (χ0) is 22.6. The van der Waals surface area contributed by atoms with E-state index in [2.05, 4.69) is 15.2 Å². The number of hydrogen-bond donors (Lipinski definition) is 1. The lowest BCUT2D eigenvalue weighted by molar-refractivity contribution is 0.0342. The Balaban J connectivity index is 1.34. The van der Waals surface area contributed by atoms with Gasteiger partial charge in [-0.05, 0) is 47.3 Å². The molecule has 1 saturated heterocycles. The number of rotatable bonds is 5. The molecule has 166 valence electrons. The molecule has 6 heteroatoms. The normalized spacial score (nSPS) is 14.3. The van der Waals surface area contributed by atoms with E-state index < -0.39 is 0 Å². The summed E-state index contributed by atoms with van der Waals surface area (Å²) >= 11 is 6.52. The second-order valence-corrected chi connectivity index (χ2v) is 8.52. The Kier molecular flexibility index (Phi) is 6.35.